The standard InChI is InChI=1S/C12H21N3O3/c16-12(14-3-5-17-6-4-14)11-7-13-1-2-15(11)10-8-18-9-10/h10-11,13H,1-9H2. The van der Waals surface area contributed by atoms with Gasteiger partial charge in [-0.3, -0.25) is 9.69 Å². The summed E-state index contributed by atoms with van der Waals surface area (Å²) in [6.45, 7) is 6.98. The van der Waals surface area contributed by atoms with E-state index < -0.39 is 0 Å². The van der Waals surface area contributed by atoms with Crippen molar-refractivity contribution in [2.75, 3.05) is 59.2 Å². The molecule has 1 amide bonds. The highest BCUT2D eigenvalue weighted by atomic mass is 16.5. The highest BCUT2D eigenvalue weighted by Gasteiger charge is 2.38. The van der Waals surface area contributed by atoms with Crippen LogP contribution in [0.1, 0.15) is 0 Å². The van der Waals surface area contributed by atoms with E-state index in [1.807, 2.05) is 4.90 Å². The molecule has 0 aliphatic carbocycles. The van der Waals surface area contributed by atoms with Gasteiger partial charge in [0.15, 0.2) is 0 Å². The predicted molar refractivity (Wildman–Crippen MR) is 65.4 cm³/mol. The zero-order valence-corrected chi connectivity index (χ0v) is 10.6. The van der Waals surface area contributed by atoms with Crippen molar-refractivity contribution in [2.24, 2.45) is 0 Å². The average Bonchev–Trinajstić information content (AvgIpc) is 2.38. The first kappa shape index (κ1) is 12.3. The Hall–Kier alpha value is -0.690. The Balaban J connectivity index is 1.65. The molecule has 3 heterocycles. The summed E-state index contributed by atoms with van der Waals surface area (Å²) >= 11 is 0. The van der Waals surface area contributed by atoms with Crippen LogP contribution in [0.15, 0.2) is 0 Å². The molecule has 0 bridgehead atoms. The molecule has 3 aliphatic rings. The molecular weight excluding hydrogens is 234 g/mol. The maximum absolute atomic E-state index is 12.6. The Bertz CT molecular complexity index is 303. The number of morpholine rings is 1. The summed E-state index contributed by atoms with van der Waals surface area (Å²) in [5.41, 5.74) is 0. The molecule has 0 saturated carbocycles. The van der Waals surface area contributed by atoms with Gasteiger partial charge < -0.3 is 19.7 Å². The van der Waals surface area contributed by atoms with E-state index in [0.717, 1.165) is 45.9 Å². The molecule has 1 unspecified atom stereocenters. The molecule has 0 radical (unpaired) electrons. The lowest BCUT2D eigenvalue weighted by Crippen LogP contribution is -2.65. The number of rotatable bonds is 2. The summed E-state index contributed by atoms with van der Waals surface area (Å²) < 4.78 is 10.6. The Morgan fingerprint density at radius 1 is 1.11 bits per heavy atom. The Morgan fingerprint density at radius 3 is 2.56 bits per heavy atom. The van der Waals surface area contributed by atoms with Gasteiger partial charge in [-0.1, -0.05) is 0 Å². The number of hydrogen-bond donors (Lipinski definition) is 1. The van der Waals surface area contributed by atoms with Crippen molar-refractivity contribution in [3.63, 3.8) is 0 Å². The van der Waals surface area contributed by atoms with Crippen LogP contribution in [-0.4, -0.2) is 86.9 Å². The first-order valence-electron chi connectivity index (χ1n) is 6.77. The molecule has 0 aromatic rings. The van der Waals surface area contributed by atoms with Gasteiger partial charge >= 0.3 is 0 Å². The van der Waals surface area contributed by atoms with Crippen molar-refractivity contribution < 1.29 is 14.3 Å². The van der Waals surface area contributed by atoms with E-state index >= 15 is 0 Å². The molecule has 1 N–H and O–H groups in total. The van der Waals surface area contributed by atoms with Gasteiger partial charge in [-0.05, 0) is 0 Å². The molecule has 3 rings (SSSR count). The van der Waals surface area contributed by atoms with Crippen LogP contribution in [0.2, 0.25) is 0 Å². The van der Waals surface area contributed by atoms with E-state index in [0.29, 0.717) is 19.3 Å². The maximum atomic E-state index is 12.6. The van der Waals surface area contributed by atoms with Gasteiger partial charge in [-0.15, -0.1) is 0 Å². The molecule has 6 nitrogen and oxygen atoms in total. The van der Waals surface area contributed by atoms with Crippen LogP contribution in [0, 0.1) is 0 Å². The van der Waals surface area contributed by atoms with Crippen molar-refractivity contribution >= 4 is 5.91 Å². The first-order chi connectivity index (χ1) is 8.86. The summed E-state index contributed by atoms with van der Waals surface area (Å²) in [4.78, 5) is 16.8. The van der Waals surface area contributed by atoms with Crippen LogP contribution < -0.4 is 5.32 Å². The second-order valence-corrected chi connectivity index (χ2v) is 5.09. The van der Waals surface area contributed by atoms with Gasteiger partial charge in [0.25, 0.3) is 0 Å². The Morgan fingerprint density at radius 2 is 1.89 bits per heavy atom. The minimum atomic E-state index is -0.0225. The van der Waals surface area contributed by atoms with Crippen molar-refractivity contribution in [3.8, 4) is 0 Å². The van der Waals surface area contributed by atoms with Crippen LogP contribution in [-0.2, 0) is 14.3 Å². The largest absolute Gasteiger partial charge is 0.378 e. The maximum Gasteiger partial charge on any atom is 0.241 e. The third kappa shape index (κ3) is 2.38. The van der Waals surface area contributed by atoms with Crippen molar-refractivity contribution in [2.45, 2.75) is 12.1 Å². The average molecular weight is 255 g/mol. The molecule has 0 spiro atoms. The third-order valence-corrected chi connectivity index (χ3v) is 3.98. The van der Waals surface area contributed by atoms with Crippen LogP contribution >= 0.6 is 0 Å². The van der Waals surface area contributed by atoms with Crippen molar-refractivity contribution in [1.29, 1.82) is 0 Å². The zero-order valence-electron chi connectivity index (χ0n) is 10.6. The lowest BCUT2D eigenvalue weighted by Gasteiger charge is -2.45. The predicted octanol–water partition coefficient (Wildman–Crippen LogP) is -1.48. The quantitative estimate of drug-likeness (QED) is 0.652. The zero-order chi connectivity index (χ0) is 12.4. The molecule has 3 saturated heterocycles. The number of carbonyl (C=O) groups excluding carboxylic acids is 1. The van der Waals surface area contributed by atoms with Crippen LogP contribution in [0.25, 0.3) is 0 Å². The van der Waals surface area contributed by atoms with Gasteiger partial charge in [0.1, 0.15) is 6.04 Å². The number of nitrogens with one attached hydrogen (secondary N) is 1. The smallest absolute Gasteiger partial charge is 0.241 e. The Labute approximate surface area is 107 Å². The molecule has 1 atom stereocenters. The van der Waals surface area contributed by atoms with Crippen LogP contribution in [0.3, 0.4) is 0 Å². The number of hydrogen-bond acceptors (Lipinski definition) is 5. The number of amides is 1. The fourth-order valence-corrected chi connectivity index (χ4v) is 2.80. The molecule has 0 aromatic carbocycles. The fraction of sp³-hybridized carbons (Fsp3) is 0.917. The second kappa shape index (κ2) is 5.52. The molecule has 3 aliphatic heterocycles. The second-order valence-electron chi connectivity index (χ2n) is 5.09. The highest BCUT2D eigenvalue weighted by Crippen LogP contribution is 2.17. The summed E-state index contributed by atoms with van der Waals surface area (Å²) in [7, 11) is 0. The normalized spacial score (nSPS) is 31.1. The number of nitrogens with zero attached hydrogens (tertiary/aromatic N) is 2. The summed E-state index contributed by atoms with van der Waals surface area (Å²) in [6, 6.07) is 0.410. The summed E-state index contributed by atoms with van der Waals surface area (Å²) in [6.07, 6.45) is 0. The van der Waals surface area contributed by atoms with E-state index in [-0.39, 0.29) is 11.9 Å². The lowest BCUT2D eigenvalue weighted by molar-refractivity contribution is -0.149. The molecule has 0 aromatic heterocycles. The molecule has 102 valence electrons. The van der Waals surface area contributed by atoms with Gasteiger partial charge in [0, 0.05) is 32.7 Å². The van der Waals surface area contributed by atoms with E-state index in [1.54, 1.807) is 0 Å². The van der Waals surface area contributed by atoms with Gasteiger partial charge in [-0.25, -0.2) is 0 Å². The minimum absolute atomic E-state index is 0.0225. The van der Waals surface area contributed by atoms with Crippen LogP contribution in [0.4, 0.5) is 0 Å². The number of ether oxygens (including phenoxy) is 2. The minimum Gasteiger partial charge on any atom is -0.378 e. The monoisotopic (exact) mass is 255 g/mol. The third-order valence-electron chi connectivity index (χ3n) is 3.98. The summed E-state index contributed by atoms with van der Waals surface area (Å²) in [5.74, 6) is 0.248. The SMILES string of the molecule is O=C(C1CNCCN1C1COC1)N1CCOCC1. The molecular formula is C12H21N3O3. The highest BCUT2D eigenvalue weighted by molar-refractivity contribution is 5.82. The van der Waals surface area contributed by atoms with Crippen LogP contribution in [0.5, 0.6) is 0 Å². The molecule has 6 heteroatoms. The van der Waals surface area contributed by atoms with E-state index in [2.05, 4.69) is 10.2 Å². The molecule has 3 fully saturated rings. The fourth-order valence-electron chi connectivity index (χ4n) is 2.80. The molecule has 18 heavy (non-hydrogen) atoms. The van der Waals surface area contributed by atoms with Crippen molar-refractivity contribution in [3.05, 3.63) is 0 Å². The van der Waals surface area contributed by atoms with E-state index in [1.165, 1.54) is 0 Å². The topological polar surface area (TPSA) is 54.0 Å². The van der Waals surface area contributed by atoms with Gasteiger partial charge in [0.05, 0.1) is 32.5 Å². The van der Waals surface area contributed by atoms with Crippen molar-refractivity contribution in [1.82, 2.24) is 15.1 Å². The Kier molecular flexibility index (Phi) is 3.79. The lowest BCUT2D eigenvalue weighted by atomic mass is 10.1. The van der Waals surface area contributed by atoms with Gasteiger partial charge in [-0.2, -0.15) is 0 Å². The van der Waals surface area contributed by atoms with Gasteiger partial charge in [0.2, 0.25) is 5.91 Å². The van der Waals surface area contributed by atoms with E-state index in [4.69, 9.17) is 9.47 Å². The summed E-state index contributed by atoms with van der Waals surface area (Å²) in [5, 5.41) is 3.33. The first-order valence-corrected chi connectivity index (χ1v) is 6.77. The van der Waals surface area contributed by atoms with E-state index in [9.17, 15) is 4.79 Å². The number of piperazine rings is 1. The number of carbonyl (C=O) groups is 1.